The van der Waals surface area contributed by atoms with Crippen molar-refractivity contribution in [2.24, 2.45) is 5.10 Å². The van der Waals surface area contributed by atoms with E-state index < -0.39 is 25.6 Å². The summed E-state index contributed by atoms with van der Waals surface area (Å²) in [5.41, 5.74) is 2.19. The highest BCUT2D eigenvalue weighted by atomic mass is 35.5. The van der Waals surface area contributed by atoms with Crippen LogP contribution in [0.3, 0.4) is 0 Å². The number of ether oxygens (including phenoxy) is 1. The number of nitro groups is 2. The SMILES string of the molecule is O=[N+]([O-])c1ccc(N/N=C/c2ccc(Cl)c([N+](=O)[O-])c2)c(S(=O)(=O)N2CCOCC2)c1. The van der Waals surface area contributed by atoms with Gasteiger partial charge in [-0.25, -0.2) is 8.42 Å². The molecule has 0 bridgehead atoms. The zero-order valence-electron chi connectivity index (χ0n) is 15.8. The number of benzene rings is 2. The van der Waals surface area contributed by atoms with Crippen molar-refractivity contribution in [3.8, 4) is 0 Å². The van der Waals surface area contributed by atoms with Crippen LogP contribution in [0, 0.1) is 20.2 Å². The third kappa shape index (κ3) is 5.14. The number of hydrogen-bond acceptors (Lipinski definition) is 9. The minimum atomic E-state index is -4.06. The summed E-state index contributed by atoms with van der Waals surface area (Å²) in [5, 5.41) is 26.0. The monoisotopic (exact) mass is 469 g/mol. The summed E-state index contributed by atoms with van der Waals surface area (Å²) in [4.78, 5) is 20.5. The van der Waals surface area contributed by atoms with Crippen molar-refractivity contribution in [2.75, 3.05) is 31.7 Å². The van der Waals surface area contributed by atoms with Crippen LogP contribution in [0.4, 0.5) is 17.1 Å². The van der Waals surface area contributed by atoms with E-state index in [1.54, 1.807) is 0 Å². The number of nitrogens with one attached hydrogen (secondary N) is 1. The van der Waals surface area contributed by atoms with E-state index in [9.17, 15) is 28.6 Å². The molecule has 14 heteroatoms. The first kappa shape index (κ1) is 22.6. The van der Waals surface area contributed by atoms with Gasteiger partial charge in [0.2, 0.25) is 10.0 Å². The van der Waals surface area contributed by atoms with E-state index in [1.165, 1.54) is 34.8 Å². The van der Waals surface area contributed by atoms with Gasteiger partial charge in [0.25, 0.3) is 11.4 Å². The van der Waals surface area contributed by atoms with Crippen LogP contribution in [-0.4, -0.2) is 55.1 Å². The van der Waals surface area contributed by atoms with Gasteiger partial charge in [0.15, 0.2) is 0 Å². The Morgan fingerprint density at radius 1 is 1.10 bits per heavy atom. The van der Waals surface area contributed by atoms with Crippen molar-refractivity contribution in [2.45, 2.75) is 4.90 Å². The van der Waals surface area contributed by atoms with Crippen LogP contribution in [0.25, 0.3) is 0 Å². The van der Waals surface area contributed by atoms with E-state index in [2.05, 4.69) is 10.5 Å². The Kier molecular flexibility index (Phi) is 6.80. The highest BCUT2D eigenvalue weighted by molar-refractivity contribution is 7.89. The highest BCUT2D eigenvalue weighted by Gasteiger charge is 2.30. The van der Waals surface area contributed by atoms with Gasteiger partial charge in [-0.3, -0.25) is 25.7 Å². The van der Waals surface area contributed by atoms with Gasteiger partial charge in [-0.15, -0.1) is 0 Å². The van der Waals surface area contributed by atoms with Crippen molar-refractivity contribution < 1.29 is 23.0 Å². The number of nitro benzene ring substituents is 2. The van der Waals surface area contributed by atoms with Crippen LogP contribution >= 0.6 is 11.6 Å². The lowest BCUT2D eigenvalue weighted by Crippen LogP contribution is -2.40. The standard InChI is InChI=1S/C17H16ClN5O7S/c18-14-3-1-12(9-16(14)23(26)27)11-19-20-15-4-2-13(22(24)25)10-17(15)31(28,29)21-5-7-30-8-6-21/h1-4,9-11,20H,5-8H2/b19-11+. The molecule has 1 aliphatic heterocycles. The molecule has 0 spiro atoms. The second-order valence-electron chi connectivity index (χ2n) is 6.29. The lowest BCUT2D eigenvalue weighted by Gasteiger charge is -2.26. The van der Waals surface area contributed by atoms with E-state index >= 15 is 0 Å². The van der Waals surface area contributed by atoms with Gasteiger partial charge in [-0.1, -0.05) is 17.7 Å². The summed E-state index contributed by atoms with van der Waals surface area (Å²) >= 11 is 5.77. The first-order chi connectivity index (χ1) is 14.7. The third-order valence-corrected chi connectivity index (χ3v) is 6.59. The summed E-state index contributed by atoms with van der Waals surface area (Å²) in [6.07, 6.45) is 1.23. The molecule has 0 saturated carbocycles. The lowest BCUT2D eigenvalue weighted by atomic mass is 10.2. The van der Waals surface area contributed by atoms with Gasteiger partial charge in [0.05, 0.1) is 35.0 Å². The summed E-state index contributed by atoms with van der Waals surface area (Å²) in [7, 11) is -4.06. The summed E-state index contributed by atoms with van der Waals surface area (Å²) in [6.45, 7) is 0.652. The molecule has 1 saturated heterocycles. The Morgan fingerprint density at radius 2 is 1.81 bits per heavy atom. The number of halogens is 1. The zero-order chi connectivity index (χ0) is 22.6. The molecule has 1 aliphatic rings. The molecule has 31 heavy (non-hydrogen) atoms. The largest absolute Gasteiger partial charge is 0.379 e. The number of non-ortho nitro benzene ring substituents is 1. The number of hydrogen-bond donors (Lipinski definition) is 1. The van der Waals surface area contributed by atoms with E-state index in [0.29, 0.717) is 5.56 Å². The predicted molar refractivity (Wildman–Crippen MR) is 112 cm³/mol. The van der Waals surface area contributed by atoms with Crippen molar-refractivity contribution >= 4 is 44.9 Å². The van der Waals surface area contributed by atoms with Crippen molar-refractivity contribution in [3.63, 3.8) is 0 Å². The Bertz CT molecular complexity index is 1150. The fourth-order valence-electron chi connectivity index (χ4n) is 2.78. The quantitative estimate of drug-likeness (QED) is 0.368. The molecular weight excluding hydrogens is 454 g/mol. The Morgan fingerprint density at radius 3 is 2.45 bits per heavy atom. The summed E-state index contributed by atoms with van der Waals surface area (Å²) in [6, 6.07) is 7.35. The number of morpholine rings is 1. The molecule has 12 nitrogen and oxygen atoms in total. The lowest BCUT2D eigenvalue weighted by molar-refractivity contribution is -0.385. The molecule has 0 atom stereocenters. The first-order valence-corrected chi connectivity index (χ1v) is 10.6. The number of hydrazone groups is 1. The normalized spacial score (nSPS) is 15.1. The molecule has 0 amide bonds. The van der Waals surface area contributed by atoms with Crippen molar-refractivity contribution in [1.82, 2.24) is 4.31 Å². The van der Waals surface area contributed by atoms with Gasteiger partial charge >= 0.3 is 0 Å². The van der Waals surface area contributed by atoms with Crippen molar-refractivity contribution in [3.05, 3.63) is 67.2 Å². The second-order valence-corrected chi connectivity index (χ2v) is 8.61. The van der Waals surface area contributed by atoms with E-state index in [0.717, 1.165) is 12.1 Å². The molecule has 1 heterocycles. The maximum absolute atomic E-state index is 13.0. The number of anilines is 1. The molecule has 2 aromatic carbocycles. The predicted octanol–water partition coefficient (Wildman–Crippen LogP) is 2.62. The second kappa shape index (κ2) is 9.34. The van der Waals surface area contributed by atoms with E-state index in [1.807, 2.05) is 0 Å². The molecule has 0 radical (unpaired) electrons. The van der Waals surface area contributed by atoms with E-state index in [4.69, 9.17) is 16.3 Å². The molecule has 1 fully saturated rings. The number of sulfonamides is 1. The minimum absolute atomic E-state index is 0.0109. The van der Waals surface area contributed by atoms with Gasteiger partial charge in [-0.05, 0) is 12.1 Å². The molecule has 2 aromatic rings. The molecule has 1 N–H and O–H groups in total. The van der Waals surface area contributed by atoms with Crippen LogP contribution in [0.1, 0.15) is 5.56 Å². The molecule has 164 valence electrons. The molecule has 0 aromatic heterocycles. The van der Waals surface area contributed by atoms with Gasteiger partial charge in [0.1, 0.15) is 9.92 Å². The third-order valence-electron chi connectivity index (χ3n) is 4.33. The Balaban J connectivity index is 1.92. The Labute approximate surface area is 181 Å². The molecule has 3 rings (SSSR count). The minimum Gasteiger partial charge on any atom is -0.379 e. The van der Waals surface area contributed by atoms with Crippen LogP contribution in [-0.2, 0) is 14.8 Å². The summed E-state index contributed by atoms with van der Waals surface area (Å²) in [5.74, 6) is 0. The van der Waals surface area contributed by atoms with Gasteiger partial charge in [-0.2, -0.15) is 9.41 Å². The van der Waals surface area contributed by atoms with Crippen LogP contribution < -0.4 is 5.43 Å². The molecule has 0 aliphatic carbocycles. The fourth-order valence-corrected chi connectivity index (χ4v) is 4.54. The highest BCUT2D eigenvalue weighted by Crippen LogP contribution is 2.30. The molecular formula is C17H16ClN5O7S. The fraction of sp³-hybridized carbons (Fsp3) is 0.235. The van der Waals surface area contributed by atoms with Gasteiger partial charge < -0.3 is 4.74 Å². The van der Waals surface area contributed by atoms with E-state index in [-0.39, 0.29) is 47.6 Å². The van der Waals surface area contributed by atoms with Crippen molar-refractivity contribution in [1.29, 1.82) is 0 Å². The summed E-state index contributed by atoms with van der Waals surface area (Å²) < 4.78 is 32.4. The average molecular weight is 470 g/mol. The average Bonchev–Trinajstić information content (AvgIpc) is 2.75. The maximum atomic E-state index is 13.0. The molecule has 0 unspecified atom stereocenters. The number of nitrogens with zero attached hydrogens (tertiary/aromatic N) is 4. The Hall–Kier alpha value is -3.13. The van der Waals surface area contributed by atoms with Crippen LogP contribution in [0.15, 0.2) is 46.4 Å². The first-order valence-electron chi connectivity index (χ1n) is 8.79. The maximum Gasteiger partial charge on any atom is 0.288 e. The van der Waals surface area contributed by atoms with Gasteiger partial charge in [0, 0.05) is 36.9 Å². The number of rotatable bonds is 7. The van der Waals surface area contributed by atoms with Crippen LogP contribution in [0.2, 0.25) is 5.02 Å². The zero-order valence-corrected chi connectivity index (χ0v) is 17.4. The topological polar surface area (TPSA) is 157 Å². The smallest absolute Gasteiger partial charge is 0.288 e. The van der Waals surface area contributed by atoms with Crippen LogP contribution in [0.5, 0.6) is 0 Å².